The maximum Gasteiger partial charge on any atom is 0.338 e. The minimum Gasteiger partial charge on any atom is -0.462 e. The Hall–Kier alpha value is -3.51. The molecule has 0 saturated heterocycles. The van der Waals surface area contributed by atoms with Crippen molar-refractivity contribution in [2.45, 2.75) is 32.6 Å². The van der Waals surface area contributed by atoms with Gasteiger partial charge in [0.25, 0.3) is 0 Å². The molecule has 3 nitrogen and oxygen atoms in total. The third-order valence-electron chi connectivity index (χ3n) is 5.79. The van der Waals surface area contributed by atoms with Crippen molar-refractivity contribution in [2.75, 3.05) is 18.1 Å². The van der Waals surface area contributed by atoms with Crippen LogP contribution in [0.15, 0.2) is 72.8 Å². The molecule has 0 bridgehead atoms. The number of carbonyl (C=O) groups excluding carboxylic acids is 1. The first kappa shape index (κ1) is 20.8. The number of fused-ring (bicyclic) bond motifs is 1. The van der Waals surface area contributed by atoms with Crippen LogP contribution >= 0.6 is 0 Å². The summed E-state index contributed by atoms with van der Waals surface area (Å²) in [6.45, 7) is 7.78. The van der Waals surface area contributed by atoms with E-state index in [0.717, 1.165) is 24.1 Å². The van der Waals surface area contributed by atoms with Gasteiger partial charge in [-0.1, -0.05) is 50.0 Å². The maximum atomic E-state index is 11.8. The Balaban J connectivity index is 1.64. The van der Waals surface area contributed by atoms with Gasteiger partial charge in [-0.15, -0.1) is 0 Å². The maximum absolute atomic E-state index is 11.8. The lowest BCUT2D eigenvalue weighted by molar-refractivity contribution is 0.0526. The van der Waals surface area contributed by atoms with Crippen LogP contribution in [0.1, 0.15) is 54.2 Å². The van der Waals surface area contributed by atoms with Gasteiger partial charge in [-0.05, 0) is 72.9 Å². The summed E-state index contributed by atoms with van der Waals surface area (Å²) in [5.74, 6) is 6.21. The summed E-state index contributed by atoms with van der Waals surface area (Å²) in [6, 6.07) is 24.3. The molecule has 3 heteroatoms. The van der Waals surface area contributed by atoms with Gasteiger partial charge in [-0.3, -0.25) is 0 Å². The Labute approximate surface area is 184 Å². The first-order chi connectivity index (χ1) is 15.0. The van der Waals surface area contributed by atoms with Gasteiger partial charge in [-0.25, -0.2) is 4.79 Å². The van der Waals surface area contributed by atoms with Crippen LogP contribution in [0.3, 0.4) is 0 Å². The number of esters is 1. The first-order valence-electron chi connectivity index (χ1n) is 10.7. The number of para-hydroxylation sites is 1. The van der Waals surface area contributed by atoms with Crippen LogP contribution in [-0.2, 0) is 10.2 Å². The number of nitrogens with zero attached hydrogens (tertiary/aromatic N) is 1. The largest absolute Gasteiger partial charge is 0.462 e. The second-order valence-corrected chi connectivity index (χ2v) is 8.40. The smallest absolute Gasteiger partial charge is 0.338 e. The Morgan fingerprint density at radius 1 is 0.968 bits per heavy atom. The molecule has 0 spiro atoms. The summed E-state index contributed by atoms with van der Waals surface area (Å²) >= 11 is 0. The summed E-state index contributed by atoms with van der Waals surface area (Å²) in [5, 5.41) is 0. The fourth-order valence-corrected chi connectivity index (χ4v) is 3.98. The van der Waals surface area contributed by atoms with E-state index in [-0.39, 0.29) is 11.4 Å². The number of anilines is 2. The first-order valence-corrected chi connectivity index (χ1v) is 10.7. The Bertz CT molecular complexity index is 1140. The molecule has 1 aliphatic rings. The molecule has 0 amide bonds. The zero-order valence-corrected chi connectivity index (χ0v) is 18.3. The van der Waals surface area contributed by atoms with E-state index in [1.54, 1.807) is 19.1 Å². The molecule has 0 unspecified atom stereocenters. The number of rotatable bonds is 3. The Morgan fingerprint density at radius 2 is 1.65 bits per heavy atom. The van der Waals surface area contributed by atoms with Crippen LogP contribution < -0.4 is 4.90 Å². The highest BCUT2D eigenvalue weighted by Crippen LogP contribution is 2.43. The lowest BCUT2D eigenvalue weighted by atomic mass is 9.77. The number of benzene rings is 3. The second-order valence-electron chi connectivity index (χ2n) is 8.40. The molecular formula is C28H27NO2. The summed E-state index contributed by atoms with van der Waals surface area (Å²) in [6.07, 6.45) is 1.10. The monoisotopic (exact) mass is 409 g/mol. The zero-order valence-electron chi connectivity index (χ0n) is 18.3. The normalized spacial score (nSPS) is 14.2. The standard InChI is InChI=1S/C28H27NO2/c1-4-31-27(30)23-15-12-21(13-16-23)10-11-22-14-17-25-26(20-22)29(19-18-28(25,2)3)24-8-6-5-7-9-24/h5-9,12-17,20H,4,18-19H2,1-3H3. The third-order valence-corrected chi connectivity index (χ3v) is 5.79. The van der Waals surface area contributed by atoms with E-state index >= 15 is 0 Å². The highest BCUT2D eigenvalue weighted by atomic mass is 16.5. The van der Waals surface area contributed by atoms with Crippen molar-refractivity contribution in [2.24, 2.45) is 0 Å². The molecule has 3 aromatic carbocycles. The van der Waals surface area contributed by atoms with E-state index in [4.69, 9.17) is 4.74 Å². The summed E-state index contributed by atoms with van der Waals surface area (Å²) in [7, 11) is 0. The summed E-state index contributed by atoms with van der Waals surface area (Å²) < 4.78 is 5.03. The van der Waals surface area contributed by atoms with E-state index in [1.807, 2.05) is 18.2 Å². The van der Waals surface area contributed by atoms with E-state index in [2.05, 4.69) is 73.1 Å². The van der Waals surface area contributed by atoms with Gasteiger partial charge in [0.05, 0.1) is 12.2 Å². The van der Waals surface area contributed by atoms with Gasteiger partial charge in [-0.2, -0.15) is 0 Å². The lowest BCUT2D eigenvalue weighted by Gasteiger charge is -2.40. The summed E-state index contributed by atoms with van der Waals surface area (Å²) in [4.78, 5) is 14.2. The highest BCUT2D eigenvalue weighted by molar-refractivity contribution is 5.89. The summed E-state index contributed by atoms with van der Waals surface area (Å²) in [5.41, 5.74) is 6.31. The molecule has 0 atom stereocenters. The zero-order chi connectivity index (χ0) is 21.8. The van der Waals surface area contributed by atoms with E-state index < -0.39 is 0 Å². The van der Waals surface area contributed by atoms with Gasteiger partial charge in [0.1, 0.15) is 0 Å². The fourth-order valence-electron chi connectivity index (χ4n) is 3.98. The van der Waals surface area contributed by atoms with Crippen molar-refractivity contribution in [1.29, 1.82) is 0 Å². The topological polar surface area (TPSA) is 29.5 Å². The molecule has 0 aliphatic carbocycles. The van der Waals surface area contributed by atoms with Gasteiger partial charge in [0, 0.05) is 29.0 Å². The van der Waals surface area contributed by atoms with Gasteiger partial charge >= 0.3 is 5.97 Å². The average molecular weight is 410 g/mol. The predicted molar refractivity (Wildman–Crippen MR) is 126 cm³/mol. The quantitative estimate of drug-likeness (QED) is 0.388. The fraction of sp³-hybridized carbons (Fsp3) is 0.250. The van der Waals surface area contributed by atoms with Gasteiger partial charge in [0.15, 0.2) is 0 Å². The van der Waals surface area contributed by atoms with E-state index in [0.29, 0.717) is 12.2 Å². The molecule has 3 aromatic rings. The molecular weight excluding hydrogens is 382 g/mol. The molecule has 0 fully saturated rings. The van der Waals surface area contributed by atoms with Crippen molar-refractivity contribution in [3.05, 3.63) is 95.1 Å². The van der Waals surface area contributed by atoms with Crippen LogP contribution in [-0.4, -0.2) is 19.1 Å². The lowest BCUT2D eigenvalue weighted by Crippen LogP contribution is -2.34. The third kappa shape index (κ3) is 4.49. The average Bonchev–Trinajstić information content (AvgIpc) is 2.79. The van der Waals surface area contributed by atoms with Crippen molar-refractivity contribution in [1.82, 2.24) is 0 Å². The molecule has 0 N–H and O–H groups in total. The van der Waals surface area contributed by atoms with Crippen molar-refractivity contribution in [3.8, 4) is 11.8 Å². The molecule has 156 valence electrons. The number of hydrogen-bond donors (Lipinski definition) is 0. The van der Waals surface area contributed by atoms with Crippen LogP contribution in [0.5, 0.6) is 0 Å². The Kier molecular flexibility index (Phi) is 5.82. The van der Waals surface area contributed by atoms with Crippen LogP contribution in [0, 0.1) is 11.8 Å². The van der Waals surface area contributed by atoms with Crippen LogP contribution in [0.2, 0.25) is 0 Å². The minimum absolute atomic E-state index is 0.134. The Morgan fingerprint density at radius 3 is 2.35 bits per heavy atom. The van der Waals surface area contributed by atoms with Gasteiger partial charge < -0.3 is 9.64 Å². The van der Waals surface area contributed by atoms with Crippen LogP contribution in [0.4, 0.5) is 11.4 Å². The van der Waals surface area contributed by atoms with Crippen molar-refractivity contribution >= 4 is 17.3 Å². The van der Waals surface area contributed by atoms with Crippen LogP contribution in [0.25, 0.3) is 0 Å². The van der Waals surface area contributed by atoms with Gasteiger partial charge in [0.2, 0.25) is 0 Å². The highest BCUT2D eigenvalue weighted by Gasteiger charge is 2.31. The van der Waals surface area contributed by atoms with Crippen molar-refractivity contribution in [3.63, 3.8) is 0 Å². The molecule has 31 heavy (non-hydrogen) atoms. The SMILES string of the molecule is CCOC(=O)c1ccc(C#Cc2ccc3c(c2)N(c2ccccc2)CCC3(C)C)cc1. The molecule has 4 rings (SSSR count). The molecule has 1 aliphatic heterocycles. The molecule has 0 aromatic heterocycles. The molecule has 0 saturated carbocycles. The molecule has 0 radical (unpaired) electrons. The van der Waals surface area contributed by atoms with E-state index in [1.165, 1.54) is 16.9 Å². The minimum atomic E-state index is -0.305. The number of hydrogen-bond acceptors (Lipinski definition) is 3. The van der Waals surface area contributed by atoms with E-state index in [9.17, 15) is 4.79 Å². The molecule has 1 heterocycles. The second kappa shape index (κ2) is 8.70. The predicted octanol–water partition coefficient (Wildman–Crippen LogP) is 6.08. The number of carbonyl (C=O) groups is 1. The number of ether oxygens (including phenoxy) is 1. The van der Waals surface area contributed by atoms with Crippen molar-refractivity contribution < 1.29 is 9.53 Å².